The summed E-state index contributed by atoms with van der Waals surface area (Å²) in [5.74, 6) is 0.721. The minimum absolute atomic E-state index is 0.127. The number of aryl methyl sites for hydroxylation is 1. The van der Waals surface area contributed by atoms with E-state index in [-0.39, 0.29) is 6.03 Å². The number of hydrogen-bond acceptors (Lipinski definition) is 3. The molecule has 3 rings (SSSR count). The number of carbonyl (C=O) groups is 1. The van der Waals surface area contributed by atoms with E-state index in [0.717, 1.165) is 36.8 Å². The summed E-state index contributed by atoms with van der Waals surface area (Å²) in [6.07, 6.45) is 2.44. The Morgan fingerprint density at radius 2 is 2.00 bits per heavy atom. The van der Waals surface area contributed by atoms with E-state index >= 15 is 0 Å². The maximum atomic E-state index is 12.0. The lowest BCUT2D eigenvalue weighted by Gasteiger charge is -2.31. The molecule has 2 heterocycles. The summed E-state index contributed by atoms with van der Waals surface area (Å²) < 4.78 is 0. The van der Waals surface area contributed by atoms with Crippen LogP contribution in [0.25, 0.3) is 0 Å². The van der Waals surface area contributed by atoms with Crippen molar-refractivity contribution in [2.24, 2.45) is 0 Å². The molecule has 1 aromatic heterocycles. The van der Waals surface area contributed by atoms with E-state index in [4.69, 9.17) is 0 Å². The van der Waals surface area contributed by atoms with Crippen molar-refractivity contribution in [3.8, 4) is 0 Å². The standard InChI is InChI=1S/C19H25N3OS/c1-15-5-2-3-6-17(15)21-19(23)20-10-13-22-11-8-16(9-12-22)18-7-4-14-24-18/h2-7,14,16H,8-13H2,1H3,(H2,20,21,23). The van der Waals surface area contributed by atoms with E-state index in [0.29, 0.717) is 6.54 Å². The molecule has 0 radical (unpaired) electrons. The zero-order chi connectivity index (χ0) is 16.8. The van der Waals surface area contributed by atoms with Crippen LogP contribution in [0.1, 0.15) is 29.2 Å². The Kier molecular flexibility index (Phi) is 5.88. The molecule has 0 saturated carbocycles. The third-order valence-corrected chi connectivity index (χ3v) is 5.67. The van der Waals surface area contributed by atoms with Crippen LogP contribution < -0.4 is 10.6 Å². The van der Waals surface area contributed by atoms with Gasteiger partial charge in [0, 0.05) is 23.7 Å². The number of hydrogen-bond donors (Lipinski definition) is 2. The zero-order valence-electron chi connectivity index (χ0n) is 14.1. The third-order valence-electron chi connectivity index (χ3n) is 4.64. The summed E-state index contributed by atoms with van der Waals surface area (Å²) in [6.45, 7) is 5.82. The highest BCUT2D eigenvalue weighted by Crippen LogP contribution is 2.30. The van der Waals surface area contributed by atoms with Crippen molar-refractivity contribution in [2.45, 2.75) is 25.7 Å². The maximum Gasteiger partial charge on any atom is 0.319 e. The largest absolute Gasteiger partial charge is 0.337 e. The molecule has 0 atom stereocenters. The Balaban J connectivity index is 1.35. The van der Waals surface area contributed by atoms with Crippen LogP contribution in [0.15, 0.2) is 41.8 Å². The number of anilines is 1. The highest BCUT2D eigenvalue weighted by Gasteiger charge is 2.20. The average molecular weight is 343 g/mol. The van der Waals surface area contributed by atoms with Crippen molar-refractivity contribution in [2.75, 3.05) is 31.5 Å². The fraction of sp³-hybridized carbons (Fsp3) is 0.421. The second-order valence-electron chi connectivity index (χ2n) is 6.33. The van der Waals surface area contributed by atoms with E-state index in [1.54, 1.807) is 0 Å². The molecule has 1 fully saturated rings. The van der Waals surface area contributed by atoms with E-state index < -0.39 is 0 Å². The molecular formula is C19H25N3OS. The number of piperidine rings is 1. The molecule has 128 valence electrons. The van der Waals surface area contributed by atoms with Crippen LogP contribution >= 0.6 is 11.3 Å². The number of rotatable bonds is 5. The molecule has 1 aliphatic rings. The fourth-order valence-electron chi connectivity index (χ4n) is 3.17. The minimum Gasteiger partial charge on any atom is -0.337 e. The summed E-state index contributed by atoms with van der Waals surface area (Å²) in [5.41, 5.74) is 1.94. The van der Waals surface area contributed by atoms with Crippen molar-refractivity contribution in [1.82, 2.24) is 10.2 Å². The van der Waals surface area contributed by atoms with E-state index in [1.165, 1.54) is 17.7 Å². The van der Waals surface area contributed by atoms with Gasteiger partial charge in [0.15, 0.2) is 0 Å². The van der Waals surface area contributed by atoms with Gasteiger partial charge in [-0.15, -0.1) is 11.3 Å². The average Bonchev–Trinajstić information content (AvgIpc) is 3.12. The summed E-state index contributed by atoms with van der Waals surface area (Å²) in [4.78, 5) is 15.9. The molecule has 2 amide bonds. The smallest absolute Gasteiger partial charge is 0.319 e. The number of benzene rings is 1. The number of amides is 2. The predicted octanol–water partition coefficient (Wildman–Crippen LogP) is 4.06. The van der Waals surface area contributed by atoms with Gasteiger partial charge in [-0.25, -0.2) is 4.79 Å². The number of urea groups is 1. The molecular weight excluding hydrogens is 318 g/mol. The van der Waals surface area contributed by atoms with Crippen LogP contribution in [0.3, 0.4) is 0 Å². The minimum atomic E-state index is -0.127. The van der Waals surface area contributed by atoms with Crippen molar-refractivity contribution >= 4 is 23.1 Å². The molecule has 0 spiro atoms. The van der Waals surface area contributed by atoms with Gasteiger partial charge in [-0.05, 0) is 61.8 Å². The van der Waals surface area contributed by atoms with Gasteiger partial charge in [-0.2, -0.15) is 0 Å². The van der Waals surface area contributed by atoms with E-state index in [9.17, 15) is 4.79 Å². The molecule has 0 aliphatic carbocycles. The van der Waals surface area contributed by atoms with Crippen LogP contribution in [0.2, 0.25) is 0 Å². The van der Waals surface area contributed by atoms with Gasteiger partial charge < -0.3 is 15.5 Å². The molecule has 4 nitrogen and oxygen atoms in total. The van der Waals surface area contributed by atoms with Crippen molar-refractivity contribution in [1.29, 1.82) is 0 Å². The van der Waals surface area contributed by atoms with Gasteiger partial charge in [-0.1, -0.05) is 24.3 Å². The molecule has 1 aromatic carbocycles. The second kappa shape index (κ2) is 8.31. The summed E-state index contributed by atoms with van der Waals surface area (Å²) in [5, 5.41) is 8.03. The maximum absolute atomic E-state index is 12.0. The molecule has 24 heavy (non-hydrogen) atoms. The van der Waals surface area contributed by atoms with Crippen LogP contribution in [0.5, 0.6) is 0 Å². The molecule has 1 aliphatic heterocycles. The lowest BCUT2D eigenvalue weighted by molar-refractivity contribution is 0.212. The number of thiophene rings is 1. The first-order valence-electron chi connectivity index (χ1n) is 8.58. The van der Waals surface area contributed by atoms with Crippen LogP contribution in [0, 0.1) is 6.92 Å². The van der Waals surface area contributed by atoms with Gasteiger partial charge in [0.25, 0.3) is 0 Å². The monoisotopic (exact) mass is 343 g/mol. The Morgan fingerprint density at radius 3 is 2.71 bits per heavy atom. The molecule has 5 heteroatoms. The number of carbonyl (C=O) groups excluding carboxylic acids is 1. The summed E-state index contributed by atoms with van der Waals surface area (Å²) in [7, 11) is 0. The molecule has 0 unspecified atom stereocenters. The Labute approximate surface area is 147 Å². The van der Waals surface area contributed by atoms with E-state index in [1.807, 2.05) is 42.5 Å². The van der Waals surface area contributed by atoms with Crippen molar-refractivity contribution < 1.29 is 4.79 Å². The lowest BCUT2D eigenvalue weighted by atomic mass is 9.95. The lowest BCUT2D eigenvalue weighted by Crippen LogP contribution is -2.40. The van der Waals surface area contributed by atoms with Gasteiger partial charge >= 0.3 is 6.03 Å². The summed E-state index contributed by atoms with van der Waals surface area (Å²) >= 11 is 1.87. The fourth-order valence-corrected chi connectivity index (χ4v) is 4.07. The number of likely N-dealkylation sites (tertiary alicyclic amines) is 1. The Morgan fingerprint density at radius 1 is 1.21 bits per heavy atom. The van der Waals surface area contributed by atoms with Crippen LogP contribution in [0.4, 0.5) is 10.5 Å². The zero-order valence-corrected chi connectivity index (χ0v) is 14.9. The molecule has 2 N–H and O–H groups in total. The first-order valence-corrected chi connectivity index (χ1v) is 9.46. The molecule has 0 bridgehead atoms. The van der Waals surface area contributed by atoms with Gasteiger partial charge in [0.1, 0.15) is 0 Å². The third kappa shape index (κ3) is 4.58. The van der Waals surface area contributed by atoms with E-state index in [2.05, 4.69) is 33.0 Å². The van der Waals surface area contributed by atoms with Crippen molar-refractivity contribution in [3.05, 3.63) is 52.2 Å². The number of nitrogens with zero attached hydrogens (tertiary/aromatic N) is 1. The Bertz CT molecular complexity index is 648. The predicted molar refractivity (Wildman–Crippen MR) is 101 cm³/mol. The first-order chi connectivity index (χ1) is 11.7. The quantitative estimate of drug-likeness (QED) is 0.860. The van der Waals surface area contributed by atoms with Crippen LogP contribution in [-0.2, 0) is 0 Å². The highest BCUT2D eigenvalue weighted by atomic mass is 32.1. The topological polar surface area (TPSA) is 44.4 Å². The molecule has 1 saturated heterocycles. The second-order valence-corrected chi connectivity index (χ2v) is 7.31. The Hall–Kier alpha value is -1.85. The summed E-state index contributed by atoms with van der Waals surface area (Å²) in [6, 6.07) is 12.1. The van der Waals surface area contributed by atoms with Gasteiger partial charge in [0.2, 0.25) is 0 Å². The van der Waals surface area contributed by atoms with Crippen molar-refractivity contribution in [3.63, 3.8) is 0 Å². The first kappa shape index (κ1) is 17.0. The van der Waals surface area contributed by atoms with Gasteiger partial charge in [0.05, 0.1) is 0 Å². The SMILES string of the molecule is Cc1ccccc1NC(=O)NCCN1CCC(c2cccs2)CC1. The van der Waals surface area contributed by atoms with Gasteiger partial charge in [-0.3, -0.25) is 0 Å². The number of nitrogens with one attached hydrogen (secondary N) is 2. The highest BCUT2D eigenvalue weighted by molar-refractivity contribution is 7.10. The molecule has 2 aromatic rings. The number of para-hydroxylation sites is 1. The normalized spacial score (nSPS) is 16.0. The van der Waals surface area contributed by atoms with Crippen LogP contribution in [-0.4, -0.2) is 37.1 Å².